The monoisotopic (exact) mass is 275 g/mol. The molecule has 0 aliphatic heterocycles. The summed E-state index contributed by atoms with van der Waals surface area (Å²) in [4.78, 5) is 0. The Hall–Kier alpha value is -1.12. The van der Waals surface area contributed by atoms with E-state index in [1.54, 1.807) is 0 Å². The largest absolute Gasteiger partial charge is 0.326 e. The van der Waals surface area contributed by atoms with E-state index in [1.807, 2.05) is 12.1 Å². The quantitative estimate of drug-likeness (QED) is 0.885. The molecule has 0 radical (unpaired) electrons. The molecular weight excluding hydrogens is 262 g/mol. The average molecular weight is 276 g/mol. The summed E-state index contributed by atoms with van der Waals surface area (Å²) in [6.07, 6.45) is 0. The molecule has 0 fully saturated rings. The zero-order valence-electron chi connectivity index (χ0n) is 9.20. The van der Waals surface area contributed by atoms with E-state index in [0.29, 0.717) is 6.54 Å². The minimum atomic E-state index is 0.587. The van der Waals surface area contributed by atoms with Crippen molar-refractivity contribution in [2.45, 2.75) is 13.5 Å². The number of nitrogens with two attached hydrogens (primary N) is 1. The predicted octanol–water partition coefficient (Wildman–Crippen LogP) is 3.88. The summed E-state index contributed by atoms with van der Waals surface area (Å²) in [6, 6.07) is 14.6. The second-order valence-corrected chi connectivity index (χ2v) is 4.68. The summed E-state index contributed by atoms with van der Waals surface area (Å²) >= 11 is 3.57. The molecule has 1 nitrogen and oxygen atoms in total. The Balaban J connectivity index is 2.53. The van der Waals surface area contributed by atoms with E-state index in [1.165, 1.54) is 22.3 Å². The highest BCUT2D eigenvalue weighted by Gasteiger charge is 2.04. The van der Waals surface area contributed by atoms with E-state index >= 15 is 0 Å². The summed E-state index contributed by atoms with van der Waals surface area (Å²) in [5.74, 6) is 0. The zero-order valence-corrected chi connectivity index (χ0v) is 10.8. The summed E-state index contributed by atoms with van der Waals surface area (Å²) < 4.78 is 1.11. The third-order valence-electron chi connectivity index (χ3n) is 2.75. The Labute approximate surface area is 104 Å². The average Bonchev–Trinajstić information content (AvgIpc) is 2.31. The van der Waals surface area contributed by atoms with Gasteiger partial charge in [0.2, 0.25) is 0 Å². The van der Waals surface area contributed by atoms with Crippen LogP contribution >= 0.6 is 15.9 Å². The third kappa shape index (κ3) is 2.18. The van der Waals surface area contributed by atoms with Crippen molar-refractivity contribution < 1.29 is 0 Å². The topological polar surface area (TPSA) is 26.0 Å². The highest BCUT2D eigenvalue weighted by molar-refractivity contribution is 9.10. The van der Waals surface area contributed by atoms with Gasteiger partial charge in [-0.2, -0.15) is 0 Å². The zero-order chi connectivity index (χ0) is 11.5. The summed E-state index contributed by atoms with van der Waals surface area (Å²) in [6.45, 7) is 2.68. The molecule has 0 saturated carbocycles. The molecule has 0 atom stereocenters. The minimum Gasteiger partial charge on any atom is -0.326 e. The van der Waals surface area contributed by atoms with Crippen LogP contribution in [-0.4, -0.2) is 0 Å². The third-order valence-corrected chi connectivity index (χ3v) is 3.45. The van der Waals surface area contributed by atoms with Crippen LogP contribution in [-0.2, 0) is 6.54 Å². The van der Waals surface area contributed by atoms with Gasteiger partial charge in [-0.3, -0.25) is 0 Å². The number of halogens is 1. The summed E-state index contributed by atoms with van der Waals surface area (Å²) in [5.41, 5.74) is 10.6. The van der Waals surface area contributed by atoms with E-state index in [9.17, 15) is 0 Å². The molecule has 82 valence electrons. The maximum Gasteiger partial charge on any atom is 0.0253 e. The molecule has 0 bridgehead atoms. The van der Waals surface area contributed by atoms with E-state index < -0.39 is 0 Å². The van der Waals surface area contributed by atoms with Crippen LogP contribution in [0, 0.1) is 6.92 Å². The molecule has 0 aliphatic carbocycles. The number of aryl methyl sites for hydroxylation is 1. The fourth-order valence-electron chi connectivity index (χ4n) is 1.75. The van der Waals surface area contributed by atoms with Gasteiger partial charge in [-0.25, -0.2) is 0 Å². The van der Waals surface area contributed by atoms with Crippen LogP contribution in [0.1, 0.15) is 11.1 Å². The van der Waals surface area contributed by atoms with Crippen LogP contribution in [0.15, 0.2) is 46.9 Å². The van der Waals surface area contributed by atoms with Crippen molar-refractivity contribution in [2.75, 3.05) is 0 Å². The lowest BCUT2D eigenvalue weighted by Gasteiger charge is -2.08. The Bertz CT molecular complexity index is 506. The number of rotatable bonds is 2. The molecule has 0 amide bonds. The molecule has 0 spiro atoms. The van der Waals surface area contributed by atoms with E-state index in [0.717, 1.165) is 4.47 Å². The highest BCUT2D eigenvalue weighted by atomic mass is 79.9. The molecule has 2 N–H and O–H groups in total. The van der Waals surface area contributed by atoms with Gasteiger partial charge < -0.3 is 5.73 Å². The summed E-state index contributed by atoms with van der Waals surface area (Å²) in [7, 11) is 0. The second-order valence-electron chi connectivity index (χ2n) is 3.83. The molecule has 0 unspecified atom stereocenters. The van der Waals surface area contributed by atoms with Gasteiger partial charge in [-0.05, 0) is 41.3 Å². The van der Waals surface area contributed by atoms with Crippen LogP contribution < -0.4 is 5.73 Å². The standard InChI is InChI=1S/C14H14BrN/c1-10-6-7-11(8-12(10)9-16)13-4-2-3-5-14(13)15/h2-8H,9,16H2,1H3. The molecule has 0 aromatic heterocycles. The van der Waals surface area contributed by atoms with Crippen molar-refractivity contribution in [2.24, 2.45) is 5.73 Å². The normalized spacial score (nSPS) is 10.4. The molecule has 16 heavy (non-hydrogen) atoms. The first-order valence-electron chi connectivity index (χ1n) is 5.27. The number of benzene rings is 2. The van der Waals surface area contributed by atoms with Gasteiger partial charge in [0.1, 0.15) is 0 Å². The fourth-order valence-corrected chi connectivity index (χ4v) is 2.27. The van der Waals surface area contributed by atoms with Crippen molar-refractivity contribution in [3.05, 3.63) is 58.1 Å². The van der Waals surface area contributed by atoms with Crippen molar-refractivity contribution in [1.82, 2.24) is 0 Å². The Morgan fingerprint density at radius 1 is 1.12 bits per heavy atom. The maximum atomic E-state index is 5.72. The van der Waals surface area contributed by atoms with E-state index in [-0.39, 0.29) is 0 Å². The predicted molar refractivity (Wildman–Crippen MR) is 72.2 cm³/mol. The van der Waals surface area contributed by atoms with Crippen LogP contribution in [0.2, 0.25) is 0 Å². The van der Waals surface area contributed by atoms with Gasteiger partial charge in [0.25, 0.3) is 0 Å². The van der Waals surface area contributed by atoms with Gasteiger partial charge in [0, 0.05) is 11.0 Å². The molecule has 2 aromatic rings. The van der Waals surface area contributed by atoms with Gasteiger partial charge in [0.15, 0.2) is 0 Å². The van der Waals surface area contributed by atoms with Gasteiger partial charge in [0.05, 0.1) is 0 Å². The maximum absolute atomic E-state index is 5.72. The lowest BCUT2D eigenvalue weighted by molar-refractivity contribution is 1.05. The van der Waals surface area contributed by atoms with Gasteiger partial charge >= 0.3 is 0 Å². The van der Waals surface area contributed by atoms with Crippen molar-refractivity contribution in [3.8, 4) is 11.1 Å². The first-order valence-corrected chi connectivity index (χ1v) is 6.06. The molecular formula is C14H14BrN. The fraction of sp³-hybridized carbons (Fsp3) is 0.143. The van der Waals surface area contributed by atoms with Gasteiger partial charge in [-0.1, -0.05) is 46.3 Å². The van der Waals surface area contributed by atoms with Crippen LogP contribution in [0.3, 0.4) is 0 Å². The number of hydrogen-bond acceptors (Lipinski definition) is 1. The van der Waals surface area contributed by atoms with Crippen LogP contribution in [0.25, 0.3) is 11.1 Å². The molecule has 0 aliphatic rings. The molecule has 2 heteroatoms. The van der Waals surface area contributed by atoms with Crippen molar-refractivity contribution in [1.29, 1.82) is 0 Å². The molecule has 0 heterocycles. The SMILES string of the molecule is Cc1ccc(-c2ccccc2Br)cc1CN. The lowest BCUT2D eigenvalue weighted by Crippen LogP contribution is -1.99. The molecule has 2 aromatic carbocycles. The Kier molecular flexibility index (Phi) is 3.42. The Morgan fingerprint density at radius 2 is 1.88 bits per heavy atom. The van der Waals surface area contributed by atoms with E-state index in [2.05, 4.69) is 53.2 Å². The van der Waals surface area contributed by atoms with Crippen LogP contribution in [0.4, 0.5) is 0 Å². The highest BCUT2D eigenvalue weighted by Crippen LogP contribution is 2.29. The first kappa shape index (κ1) is 11.4. The lowest BCUT2D eigenvalue weighted by atomic mass is 10.00. The van der Waals surface area contributed by atoms with Gasteiger partial charge in [-0.15, -0.1) is 0 Å². The second kappa shape index (κ2) is 4.81. The van der Waals surface area contributed by atoms with Crippen molar-refractivity contribution in [3.63, 3.8) is 0 Å². The van der Waals surface area contributed by atoms with Crippen molar-refractivity contribution >= 4 is 15.9 Å². The van der Waals surface area contributed by atoms with Crippen LogP contribution in [0.5, 0.6) is 0 Å². The number of hydrogen-bond donors (Lipinski definition) is 1. The smallest absolute Gasteiger partial charge is 0.0253 e. The Morgan fingerprint density at radius 3 is 2.56 bits per heavy atom. The first-order chi connectivity index (χ1) is 7.72. The van der Waals surface area contributed by atoms with E-state index in [4.69, 9.17) is 5.73 Å². The molecule has 0 saturated heterocycles. The molecule has 2 rings (SSSR count). The summed E-state index contributed by atoms with van der Waals surface area (Å²) in [5, 5.41) is 0. The minimum absolute atomic E-state index is 0.587.